The van der Waals surface area contributed by atoms with E-state index in [-0.39, 0.29) is 30.7 Å². The standard InChI is InChI=1S/C26H31N5O4S4/c1-16(2)22-24(33)35-17(8-5-7-11-38-39-20-9-4-6-10-27-20)12-19(32)28-13-21-29-18(14-36-21)23-31-26(3,15-37-23)25(34)30-22/h4-6,8-10,14,16-17,22H,7,11-13,15H2,1-3H3,(H,28,32)(H,30,34)/b8-5+/t17-,22+,26+/m1/s1. The van der Waals surface area contributed by atoms with Crippen LogP contribution in [0, 0.1) is 5.92 Å². The summed E-state index contributed by atoms with van der Waals surface area (Å²) in [5, 5.41) is 9.98. The van der Waals surface area contributed by atoms with Gasteiger partial charge in [-0.2, -0.15) is 0 Å². The SMILES string of the molecule is CC(C)[C@@H]1NC(=O)[C@]2(C)CSC(=N2)c2csc(n2)CNC(=O)C[C@@H](/C=C/CCSSc2ccccn2)OC1=O. The van der Waals surface area contributed by atoms with Crippen molar-refractivity contribution in [2.75, 3.05) is 11.5 Å². The predicted molar refractivity (Wildman–Crippen MR) is 159 cm³/mol. The Morgan fingerprint density at radius 2 is 2.13 bits per heavy atom. The lowest BCUT2D eigenvalue weighted by Gasteiger charge is -2.27. The van der Waals surface area contributed by atoms with E-state index in [1.165, 1.54) is 23.1 Å². The molecule has 2 aromatic heterocycles. The van der Waals surface area contributed by atoms with E-state index in [2.05, 4.69) is 25.6 Å². The molecule has 39 heavy (non-hydrogen) atoms. The fraction of sp³-hybridized carbons (Fsp3) is 0.462. The summed E-state index contributed by atoms with van der Waals surface area (Å²) in [6.07, 6.45) is 5.35. The molecule has 0 saturated carbocycles. The number of cyclic esters (lactones) is 1. The summed E-state index contributed by atoms with van der Waals surface area (Å²) in [4.78, 5) is 52.8. The summed E-state index contributed by atoms with van der Waals surface area (Å²) >= 11 is 2.88. The Bertz CT molecular complexity index is 1240. The van der Waals surface area contributed by atoms with Gasteiger partial charge in [-0.05, 0) is 48.3 Å². The van der Waals surface area contributed by atoms with Gasteiger partial charge in [0.05, 0.1) is 13.0 Å². The number of aromatic nitrogens is 2. The first kappa shape index (κ1) is 29.6. The maximum atomic E-state index is 13.3. The minimum Gasteiger partial charge on any atom is -0.456 e. The summed E-state index contributed by atoms with van der Waals surface area (Å²) in [5.74, 6) is -0.127. The molecule has 4 bridgehead atoms. The van der Waals surface area contributed by atoms with Crippen molar-refractivity contribution in [3.05, 3.63) is 52.6 Å². The quantitative estimate of drug-likeness (QED) is 0.206. The predicted octanol–water partition coefficient (Wildman–Crippen LogP) is 4.25. The molecule has 0 spiro atoms. The Balaban J connectivity index is 1.46. The molecule has 2 amide bonds. The molecule has 2 aromatic rings. The van der Waals surface area contributed by atoms with E-state index >= 15 is 0 Å². The Morgan fingerprint density at radius 3 is 2.90 bits per heavy atom. The smallest absolute Gasteiger partial charge is 0.329 e. The van der Waals surface area contributed by atoms with Crippen molar-refractivity contribution in [2.45, 2.75) is 62.9 Å². The zero-order valence-electron chi connectivity index (χ0n) is 21.9. The Morgan fingerprint density at radius 1 is 1.28 bits per heavy atom. The highest BCUT2D eigenvalue weighted by molar-refractivity contribution is 8.76. The van der Waals surface area contributed by atoms with Crippen molar-refractivity contribution in [3.8, 4) is 0 Å². The molecule has 4 rings (SSSR count). The number of rotatable bonds is 7. The van der Waals surface area contributed by atoms with Gasteiger partial charge in [0.25, 0.3) is 0 Å². The van der Waals surface area contributed by atoms with E-state index < -0.39 is 23.7 Å². The molecule has 0 aromatic carbocycles. The molecule has 4 heterocycles. The molecular formula is C26H31N5O4S4. The fourth-order valence-corrected chi connectivity index (χ4v) is 7.49. The van der Waals surface area contributed by atoms with E-state index in [4.69, 9.17) is 4.74 Å². The van der Waals surface area contributed by atoms with E-state index in [1.54, 1.807) is 40.8 Å². The molecule has 9 nitrogen and oxygen atoms in total. The van der Waals surface area contributed by atoms with Crippen LogP contribution < -0.4 is 10.6 Å². The number of allylic oxidation sites excluding steroid dienone is 1. The van der Waals surface area contributed by atoms with Crippen LogP contribution in [0.2, 0.25) is 0 Å². The third-order valence-corrected chi connectivity index (χ3v) is 10.3. The first-order chi connectivity index (χ1) is 18.7. The second kappa shape index (κ2) is 13.8. The maximum Gasteiger partial charge on any atom is 0.329 e. The number of amides is 2. The van der Waals surface area contributed by atoms with Crippen LogP contribution in [0.15, 0.2) is 51.9 Å². The highest BCUT2D eigenvalue weighted by Gasteiger charge is 2.41. The number of nitrogens with one attached hydrogen (secondary N) is 2. The second-order valence-corrected chi connectivity index (χ2v) is 13.9. The molecule has 2 N–H and O–H groups in total. The first-order valence-corrected chi connectivity index (χ1v) is 16.7. The van der Waals surface area contributed by atoms with E-state index in [1.807, 2.05) is 43.5 Å². The number of aliphatic imine (C=N–C) groups is 1. The van der Waals surface area contributed by atoms with Gasteiger partial charge in [0.15, 0.2) is 0 Å². The van der Waals surface area contributed by atoms with Crippen LogP contribution in [0.1, 0.15) is 44.3 Å². The van der Waals surface area contributed by atoms with Crippen molar-refractivity contribution in [3.63, 3.8) is 0 Å². The molecule has 0 unspecified atom stereocenters. The molecule has 0 fully saturated rings. The summed E-state index contributed by atoms with van der Waals surface area (Å²) in [5.41, 5.74) is -0.329. The molecule has 3 atom stereocenters. The van der Waals surface area contributed by atoms with Crippen LogP contribution in [-0.4, -0.2) is 62.0 Å². The summed E-state index contributed by atoms with van der Waals surface area (Å²) in [6.45, 7) is 5.71. The van der Waals surface area contributed by atoms with Crippen molar-refractivity contribution in [2.24, 2.45) is 10.9 Å². The number of pyridine rings is 1. The monoisotopic (exact) mass is 605 g/mol. The van der Waals surface area contributed by atoms with E-state index in [0.717, 1.165) is 22.2 Å². The van der Waals surface area contributed by atoms with E-state index in [0.29, 0.717) is 16.5 Å². The van der Waals surface area contributed by atoms with E-state index in [9.17, 15) is 14.4 Å². The van der Waals surface area contributed by atoms with Crippen LogP contribution in [-0.2, 0) is 25.7 Å². The van der Waals surface area contributed by atoms with Gasteiger partial charge in [0.1, 0.15) is 38.5 Å². The van der Waals surface area contributed by atoms with Gasteiger partial charge in [-0.3, -0.25) is 14.6 Å². The minimum atomic E-state index is -1.02. The van der Waals surface area contributed by atoms with Crippen molar-refractivity contribution in [1.82, 2.24) is 20.6 Å². The van der Waals surface area contributed by atoms with Gasteiger partial charge in [-0.15, -0.1) is 23.1 Å². The van der Waals surface area contributed by atoms with Gasteiger partial charge < -0.3 is 15.4 Å². The number of carbonyl (C=O) groups excluding carboxylic acids is 3. The average Bonchev–Trinajstić information content (AvgIpc) is 3.55. The molecule has 0 radical (unpaired) electrons. The Hall–Kier alpha value is -2.35. The first-order valence-electron chi connectivity index (χ1n) is 12.6. The highest BCUT2D eigenvalue weighted by Crippen LogP contribution is 2.32. The Kier molecular flexibility index (Phi) is 10.5. The molecule has 2 aliphatic rings. The number of carbonyl (C=O) groups is 3. The van der Waals surface area contributed by atoms with Crippen LogP contribution in [0.5, 0.6) is 0 Å². The number of hydrogen-bond donors (Lipinski definition) is 2. The van der Waals surface area contributed by atoms with Crippen molar-refractivity contribution in [1.29, 1.82) is 0 Å². The lowest BCUT2D eigenvalue weighted by Crippen LogP contribution is -2.53. The zero-order valence-corrected chi connectivity index (χ0v) is 25.2. The van der Waals surface area contributed by atoms with Gasteiger partial charge >= 0.3 is 5.97 Å². The molecular weight excluding hydrogens is 575 g/mol. The third kappa shape index (κ3) is 8.32. The molecule has 13 heteroatoms. The molecule has 208 valence electrons. The van der Waals surface area contributed by atoms with Gasteiger partial charge in [0.2, 0.25) is 11.8 Å². The number of nitrogens with zero attached hydrogens (tertiary/aromatic N) is 3. The van der Waals surface area contributed by atoms with Crippen LogP contribution in [0.3, 0.4) is 0 Å². The number of thiazole rings is 1. The number of fused-ring (bicyclic) bond motifs is 4. The maximum absolute atomic E-state index is 13.3. The van der Waals surface area contributed by atoms with Crippen LogP contribution >= 0.6 is 44.7 Å². The van der Waals surface area contributed by atoms with Crippen LogP contribution in [0.25, 0.3) is 0 Å². The largest absolute Gasteiger partial charge is 0.456 e. The zero-order chi connectivity index (χ0) is 27.8. The fourth-order valence-electron chi connectivity index (χ4n) is 3.69. The topological polar surface area (TPSA) is 123 Å². The average molecular weight is 606 g/mol. The summed E-state index contributed by atoms with van der Waals surface area (Å²) in [7, 11) is 3.27. The lowest BCUT2D eigenvalue weighted by molar-refractivity contribution is -0.153. The summed E-state index contributed by atoms with van der Waals surface area (Å²) < 4.78 is 5.78. The number of hydrogen-bond acceptors (Lipinski definition) is 11. The molecule has 0 saturated heterocycles. The Labute approximate surface area is 244 Å². The number of esters is 1. The van der Waals surface area contributed by atoms with Crippen molar-refractivity contribution < 1.29 is 19.1 Å². The second-order valence-electron chi connectivity index (χ2n) is 9.55. The van der Waals surface area contributed by atoms with Gasteiger partial charge in [-0.1, -0.05) is 36.8 Å². The minimum absolute atomic E-state index is 0.0324. The van der Waals surface area contributed by atoms with Gasteiger partial charge in [-0.25, -0.2) is 14.8 Å². The lowest BCUT2D eigenvalue weighted by atomic mass is 10.0. The van der Waals surface area contributed by atoms with Gasteiger partial charge in [0, 0.05) is 23.1 Å². The highest BCUT2D eigenvalue weighted by atomic mass is 33.1. The number of ether oxygens (including phenoxy) is 1. The molecule has 2 aliphatic heterocycles. The van der Waals surface area contributed by atoms with Crippen LogP contribution in [0.4, 0.5) is 0 Å². The molecule has 0 aliphatic carbocycles. The van der Waals surface area contributed by atoms with Crippen molar-refractivity contribution >= 4 is 67.5 Å². The number of thioether (sulfide) groups is 1. The normalized spacial score (nSPS) is 24.4. The summed E-state index contributed by atoms with van der Waals surface area (Å²) in [6, 6.07) is 4.91. The third-order valence-electron chi connectivity index (χ3n) is 5.90.